The van der Waals surface area contributed by atoms with Crippen molar-refractivity contribution in [2.75, 3.05) is 5.32 Å². The SMILES string of the molecule is CC(C)NC(=O)Nc1cccc(C(=O)NN2C(=O)NC3(CCCCC3)C2=O)c1. The Morgan fingerprint density at radius 3 is 2.54 bits per heavy atom. The highest BCUT2D eigenvalue weighted by Gasteiger charge is 2.52. The van der Waals surface area contributed by atoms with Gasteiger partial charge in [-0.25, -0.2) is 9.59 Å². The molecule has 9 heteroatoms. The zero-order valence-electron chi connectivity index (χ0n) is 16.0. The van der Waals surface area contributed by atoms with Gasteiger partial charge in [0.25, 0.3) is 11.8 Å². The number of hydrazine groups is 1. The van der Waals surface area contributed by atoms with Gasteiger partial charge in [-0.1, -0.05) is 25.3 Å². The van der Waals surface area contributed by atoms with Gasteiger partial charge < -0.3 is 16.0 Å². The Labute approximate surface area is 163 Å². The molecule has 1 saturated carbocycles. The predicted octanol–water partition coefficient (Wildman–Crippen LogP) is 2.12. The van der Waals surface area contributed by atoms with Crippen molar-refractivity contribution < 1.29 is 19.2 Å². The van der Waals surface area contributed by atoms with Crippen molar-refractivity contribution >= 4 is 29.6 Å². The van der Waals surface area contributed by atoms with Crippen LogP contribution in [0.3, 0.4) is 0 Å². The molecule has 2 aliphatic rings. The first-order valence-electron chi connectivity index (χ1n) is 9.46. The molecule has 2 fully saturated rings. The molecule has 4 N–H and O–H groups in total. The van der Waals surface area contributed by atoms with Crippen molar-refractivity contribution in [3.05, 3.63) is 29.8 Å². The van der Waals surface area contributed by atoms with Gasteiger partial charge in [0.1, 0.15) is 5.54 Å². The summed E-state index contributed by atoms with van der Waals surface area (Å²) in [5.74, 6) is -1.03. The van der Waals surface area contributed by atoms with E-state index in [0.29, 0.717) is 18.5 Å². The standard InChI is InChI=1S/C19H25N5O4/c1-12(2)20-17(27)21-14-8-6-7-13(11-14)15(25)23-24-16(26)19(22-18(24)28)9-4-3-5-10-19/h6-8,11-12H,3-5,9-10H2,1-2H3,(H,22,28)(H,23,25)(H2,20,21,27). The second-order valence-electron chi connectivity index (χ2n) is 7.49. The number of carbonyl (C=O) groups excluding carboxylic acids is 4. The fourth-order valence-electron chi connectivity index (χ4n) is 3.55. The van der Waals surface area contributed by atoms with Gasteiger partial charge in [0.2, 0.25) is 0 Å². The maximum Gasteiger partial charge on any atom is 0.344 e. The van der Waals surface area contributed by atoms with Crippen LogP contribution in [-0.4, -0.2) is 40.5 Å². The Balaban J connectivity index is 1.68. The molecule has 1 aromatic rings. The lowest BCUT2D eigenvalue weighted by Crippen LogP contribution is -2.50. The van der Waals surface area contributed by atoms with Crippen LogP contribution in [-0.2, 0) is 4.79 Å². The summed E-state index contributed by atoms with van der Waals surface area (Å²) in [6.07, 6.45) is 3.91. The number of hydrogen-bond acceptors (Lipinski definition) is 4. The highest BCUT2D eigenvalue weighted by atomic mass is 16.2. The largest absolute Gasteiger partial charge is 0.344 e. The highest BCUT2D eigenvalue weighted by Crippen LogP contribution is 2.33. The van der Waals surface area contributed by atoms with E-state index in [1.54, 1.807) is 12.1 Å². The summed E-state index contributed by atoms with van der Waals surface area (Å²) >= 11 is 0. The Morgan fingerprint density at radius 1 is 1.14 bits per heavy atom. The van der Waals surface area contributed by atoms with E-state index in [9.17, 15) is 19.2 Å². The molecule has 1 aromatic carbocycles. The maximum absolute atomic E-state index is 12.7. The Hall–Kier alpha value is -3.10. The minimum Gasteiger partial charge on any atom is -0.336 e. The topological polar surface area (TPSA) is 120 Å². The van der Waals surface area contributed by atoms with E-state index in [4.69, 9.17) is 0 Å². The molecule has 0 radical (unpaired) electrons. The van der Waals surface area contributed by atoms with Crippen LogP contribution in [0.1, 0.15) is 56.3 Å². The lowest BCUT2D eigenvalue weighted by atomic mass is 9.82. The smallest absolute Gasteiger partial charge is 0.336 e. The molecule has 0 unspecified atom stereocenters. The van der Waals surface area contributed by atoms with Gasteiger partial charge in [-0.3, -0.25) is 15.0 Å². The summed E-state index contributed by atoms with van der Waals surface area (Å²) in [6.45, 7) is 3.67. The van der Waals surface area contributed by atoms with Crippen molar-refractivity contribution in [1.82, 2.24) is 21.1 Å². The number of carbonyl (C=O) groups is 4. The molecule has 0 bridgehead atoms. The fraction of sp³-hybridized carbons (Fsp3) is 0.474. The van der Waals surface area contributed by atoms with Crippen LogP contribution in [0, 0.1) is 0 Å². The zero-order valence-corrected chi connectivity index (χ0v) is 16.0. The quantitative estimate of drug-likeness (QED) is 0.592. The van der Waals surface area contributed by atoms with Crippen LogP contribution in [0.25, 0.3) is 0 Å². The Bertz CT molecular complexity index is 801. The van der Waals surface area contributed by atoms with E-state index in [-0.39, 0.29) is 17.6 Å². The Kier molecular flexibility index (Phi) is 5.53. The summed E-state index contributed by atoms with van der Waals surface area (Å²) in [7, 11) is 0. The summed E-state index contributed by atoms with van der Waals surface area (Å²) < 4.78 is 0. The predicted molar refractivity (Wildman–Crippen MR) is 102 cm³/mol. The van der Waals surface area contributed by atoms with Crippen LogP contribution >= 0.6 is 0 Å². The molecule has 1 spiro atoms. The molecular formula is C19H25N5O4. The molecule has 150 valence electrons. The summed E-state index contributed by atoms with van der Waals surface area (Å²) in [5.41, 5.74) is 2.12. The molecule has 9 nitrogen and oxygen atoms in total. The van der Waals surface area contributed by atoms with Crippen LogP contribution in [0.5, 0.6) is 0 Å². The van der Waals surface area contributed by atoms with Crippen molar-refractivity contribution in [3.8, 4) is 0 Å². The number of hydrogen-bond donors (Lipinski definition) is 4. The van der Waals surface area contributed by atoms with Gasteiger partial charge >= 0.3 is 12.1 Å². The van der Waals surface area contributed by atoms with Gasteiger partial charge in [0.15, 0.2) is 0 Å². The third-order valence-electron chi connectivity index (χ3n) is 4.88. The number of imide groups is 1. The maximum atomic E-state index is 12.7. The van der Waals surface area contributed by atoms with E-state index in [0.717, 1.165) is 24.3 Å². The van der Waals surface area contributed by atoms with Gasteiger partial charge in [-0.05, 0) is 44.9 Å². The molecule has 0 atom stereocenters. The fourth-order valence-corrected chi connectivity index (χ4v) is 3.55. The molecular weight excluding hydrogens is 362 g/mol. The average Bonchev–Trinajstić information content (AvgIpc) is 2.86. The van der Waals surface area contributed by atoms with Crippen molar-refractivity contribution in [2.45, 2.75) is 57.5 Å². The highest BCUT2D eigenvalue weighted by molar-refractivity contribution is 6.09. The normalized spacial score (nSPS) is 18.2. The first-order chi connectivity index (χ1) is 13.3. The Morgan fingerprint density at radius 2 is 1.86 bits per heavy atom. The molecule has 1 aliphatic heterocycles. The van der Waals surface area contributed by atoms with Gasteiger partial charge in [-0.2, -0.15) is 5.01 Å². The van der Waals surface area contributed by atoms with Crippen LogP contribution in [0.4, 0.5) is 15.3 Å². The second-order valence-corrected chi connectivity index (χ2v) is 7.49. The van der Waals surface area contributed by atoms with E-state index >= 15 is 0 Å². The third-order valence-corrected chi connectivity index (χ3v) is 4.88. The first kappa shape index (κ1) is 19.7. The number of amides is 6. The van der Waals surface area contributed by atoms with E-state index in [1.165, 1.54) is 12.1 Å². The average molecular weight is 387 g/mol. The molecule has 1 aliphatic carbocycles. The van der Waals surface area contributed by atoms with Crippen molar-refractivity contribution in [2.24, 2.45) is 0 Å². The number of urea groups is 2. The lowest BCUT2D eigenvalue weighted by Gasteiger charge is -2.30. The van der Waals surface area contributed by atoms with Crippen LogP contribution in [0.2, 0.25) is 0 Å². The van der Waals surface area contributed by atoms with Crippen molar-refractivity contribution in [1.29, 1.82) is 0 Å². The minimum absolute atomic E-state index is 0.0294. The molecule has 1 heterocycles. The number of nitrogens with zero attached hydrogens (tertiary/aromatic N) is 1. The number of nitrogens with one attached hydrogen (secondary N) is 4. The number of rotatable bonds is 4. The first-order valence-corrected chi connectivity index (χ1v) is 9.46. The molecule has 3 rings (SSSR count). The van der Waals surface area contributed by atoms with E-state index in [1.807, 2.05) is 13.8 Å². The molecule has 1 saturated heterocycles. The number of anilines is 1. The van der Waals surface area contributed by atoms with Crippen LogP contribution < -0.4 is 21.4 Å². The van der Waals surface area contributed by atoms with Gasteiger partial charge in [0, 0.05) is 17.3 Å². The van der Waals surface area contributed by atoms with E-state index < -0.39 is 23.4 Å². The van der Waals surface area contributed by atoms with Gasteiger partial charge in [-0.15, -0.1) is 0 Å². The number of benzene rings is 1. The van der Waals surface area contributed by atoms with Crippen molar-refractivity contribution in [3.63, 3.8) is 0 Å². The summed E-state index contributed by atoms with van der Waals surface area (Å²) in [6, 6.07) is 5.22. The molecule has 0 aromatic heterocycles. The monoisotopic (exact) mass is 387 g/mol. The molecule has 28 heavy (non-hydrogen) atoms. The van der Waals surface area contributed by atoms with Crippen LogP contribution in [0.15, 0.2) is 24.3 Å². The summed E-state index contributed by atoms with van der Waals surface area (Å²) in [4.78, 5) is 49.4. The lowest BCUT2D eigenvalue weighted by molar-refractivity contribution is -0.134. The summed E-state index contributed by atoms with van der Waals surface area (Å²) in [5, 5.41) is 8.83. The second kappa shape index (κ2) is 7.87. The van der Waals surface area contributed by atoms with Gasteiger partial charge in [0.05, 0.1) is 0 Å². The molecule has 6 amide bonds. The zero-order chi connectivity index (χ0) is 20.3. The third kappa shape index (κ3) is 4.08. The minimum atomic E-state index is -0.902. The van der Waals surface area contributed by atoms with E-state index in [2.05, 4.69) is 21.4 Å².